The first-order chi connectivity index (χ1) is 5.93. The van der Waals surface area contributed by atoms with Crippen LogP contribution in [0.15, 0.2) is 5.51 Å². The standard InChI is InChI=1S/C8H11NO3S/c1-5-6(13-4-9-5)3-8(2,12)7(10)11/h4,12H,3H2,1-2H3,(H,10,11). The molecule has 5 heteroatoms. The smallest absolute Gasteiger partial charge is 0.335 e. The minimum absolute atomic E-state index is 0.110. The van der Waals surface area contributed by atoms with E-state index in [1.165, 1.54) is 18.3 Å². The Hall–Kier alpha value is -0.940. The van der Waals surface area contributed by atoms with Crippen molar-refractivity contribution in [1.29, 1.82) is 0 Å². The Kier molecular flexibility index (Phi) is 2.68. The van der Waals surface area contributed by atoms with Crippen molar-refractivity contribution in [3.63, 3.8) is 0 Å². The van der Waals surface area contributed by atoms with E-state index >= 15 is 0 Å². The Bertz CT molecular complexity index is 319. The molecular weight excluding hydrogens is 190 g/mol. The number of nitrogens with zero attached hydrogens (tertiary/aromatic N) is 1. The number of aliphatic carboxylic acids is 1. The van der Waals surface area contributed by atoms with Crippen molar-refractivity contribution in [2.24, 2.45) is 0 Å². The summed E-state index contributed by atoms with van der Waals surface area (Å²) in [6.07, 6.45) is 0.110. The summed E-state index contributed by atoms with van der Waals surface area (Å²) in [6.45, 7) is 3.08. The second-order valence-electron chi connectivity index (χ2n) is 3.12. The number of carboxylic acid groups (broad SMARTS) is 1. The van der Waals surface area contributed by atoms with Gasteiger partial charge in [-0.15, -0.1) is 11.3 Å². The predicted molar refractivity (Wildman–Crippen MR) is 48.8 cm³/mol. The van der Waals surface area contributed by atoms with E-state index in [2.05, 4.69) is 4.98 Å². The summed E-state index contributed by atoms with van der Waals surface area (Å²) in [5.41, 5.74) is 0.728. The van der Waals surface area contributed by atoms with Crippen LogP contribution in [0.5, 0.6) is 0 Å². The van der Waals surface area contributed by atoms with Crippen molar-refractivity contribution in [2.75, 3.05) is 0 Å². The average Bonchev–Trinajstić information content (AvgIpc) is 2.35. The molecule has 1 heterocycles. The summed E-state index contributed by atoms with van der Waals surface area (Å²) < 4.78 is 0. The quantitative estimate of drug-likeness (QED) is 0.760. The van der Waals surface area contributed by atoms with Gasteiger partial charge in [0.1, 0.15) is 0 Å². The van der Waals surface area contributed by atoms with Gasteiger partial charge in [0, 0.05) is 11.3 Å². The lowest BCUT2D eigenvalue weighted by molar-refractivity contribution is -0.156. The lowest BCUT2D eigenvalue weighted by Crippen LogP contribution is -2.37. The second kappa shape index (κ2) is 3.43. The highest BCUT2D eigenvalue weighted by Crippen LogP contribution is 2.19. The van der Waals surface area contributed by atoms with E-state index in [-0.39, 0.29) is 6.42 Å². The van der Waals surface area contributed by atoms with Crippen LogP contribution in [0.2, 0.25) is 0 Å². The number of rotatable bonds is 3. The van der Waals surface area contributed by atoms with E-state index in [1.54, 1.807) is 12.4 Å². The number of aryl methyl sites for hydroxylation is 1. The van der Waals surface area contributed by atoms with Crippen LogP contribution >= 0.6 is 11.3 Å². The van der Waals surface area contributed by atoms with Gasteiger partial charge in [-0.2, -0.15) is 0 Å². The highest BCUT2D eigenvalue weighted by Gasteiger charge is 2.31. The first-order valence-corrected chi connectivity index (χ1v) is 4.66. The average molecular weight is 201 g/mol. The molecule has 0 saturated heterocycles. The SMILES string of the molecule is Cc1ncsc1CC(C)(O)C(=O)O. The second-order valence-corrected chi connectivity index (χ2v) is 4.06. The zero-order valence-corrected chi connectivity index (χ0v) is 8.26. The molecule has 0 radical (unpaired) electrons. The van der Waals surface area contributed by atoms with Crippen LogP contribution in [0.1, 0.15) is 17.5 Å². The molecular formula is C8H11NO3S. The van der Waals surface area contributed by atoms with Gasteiger partial charge in [-0.1, -0.05) is 0 Å². The van der Waals surface area contributed by atoms with E-state index < -0.39 is 11.6 Å². The largest absolute Gasteiger partial charge is 0.479 e. The fourth-order valence-electron chi connectivity index (χ4n) is 0.884. The van der Waals surface area contributed by atoms with Gasteiger partial charge in [0.25, 0.3) is 0 Å². The summed E-state index contributed by atoms with van der Waals surface area (Å²) in [6, 6.07) is 0. The number of aliphatic hydroxyl groups is 1. The van der Waals surface area contributed by atoms with Crippen molar-refractivity contribution < 1.29 is 15.0 Å². The van der Waals surface area contributed by atoms with Crippen molar-refractivity contribution in [3.8, 4) is 0 Å². The van der Waals surface area contributed by atoms with E-state index in [9.17, 15) is 9.90 Å². The molecule has 1 rings (SSSR count). The van der Waals surface area contributed by atoms with Crippen LogP contribution < -0.4 is 0 Å². The van der Waals surface area contributed by atoms with Gasteiger partial charge in [-0.25, -0.2) is 9.78 Å². The van der Waals surface area contributed by atoms with Gasteiger partial charge in [0.15, 0.2) is 5.60 Å². The van der Waals surface area contributed by atoms with Crippen LogP contribution in [0, 0.1) is 6.92 Å². The van der Waals surface area contributed by atoms with Crippen LogP contribution in [0.3, 0.4) is 0 Å². The van der Waals surface area contributed by atoms with E-state index in [0.29, 0.717) is 0 Å². The molecule has 0 bridgehead atoms. The highest BCUT2D eigenvalue weighted by atomic mass is 32.1. The minimum atomic E-state index is -1.70. The van der Waals surface area contributed by atoms with Gasteiger partial charge in [0.2, 0.25) is 0 Å². The maximum atomic E-state index is 10.6. The summed E-state index contributed by atoms with van der Waals surface area (Å²) in [5.74, 6) is -1.21. The molecule has 0 aliphatic carbocycles. The molecule has 0 aliphatic heterocycles. The Labute approximate surface area is 79.9 Å². The number of carboxylic acids is 1. The number of carbonyl (C=O) groups is 1. The van der Waals surface area contributed by atoms with E-state index in [4.69, 9.17) is 5.11 Å². The summed E-state index contributed by atoms with van der Waals surface area (Å²) >= 11 is 1.36. The van der Waals surface area contributed by atoms with Crippen LogP contribution in [0.4, 0.5) is 0 Å². The molecule has 0 fully saturated rings. The first-order valence-electron chi connectivity index (χ1n) is 3.78. The molecule has 0 aliphatic rings. The molecule has 1 aromatic rings. The lowest BCUT2D eigenvalue weighted by Gasteiger charge is -2.16. The van der Waals surface area contributed by atoms with Crippen molar-refractivity contribution in [1.82, 2.24) is 4.98 Å². The molecule has 72 valence electrons. The minimum Gasteiger partial charge on any atom is -0.479 e. The fourth-order valence-corrected chi connectivity index (χ4v) is 1.81. The Balaban J connectivity index is 2.80. The van der Waals surface area contributed by atoms with Gasteiger partial charge in [0.05, 0.1) is 11.2 Å². The normalized spacial score (nSPS) is 15.3. The number of hydrogen-bond acceptors (Lipinski definition) is 4. The molecule has 1 unspecified atom stereocenters. The summed E-state index contributed by atoms with van der Waals surface area (Å²) in [7, 11) is 0. The Morgan fingerprint density at radius 1 is 1.77 bits per heavy atom. The number of aromatic nitrogens is 1. The molecule has 0 spiro atoms. The Morgan fingerprint density at radius 3 is 2.77 bits per heavy atom. The topological polar surface area (TPSA) is 70.4 Å². The summed E-state index contributed by atoms with van der Waals surface area (Å²) in [4.78, 5) is 15.4. The molecule has 1 atom stereocenters. The third-order valence-corrected chi connectivity index (χ3v) is 2.75. The molecule has 4 nitrogen and oxygen atoms in total. The molecule has 13 heavy (non-hydrogen) atoms. The third-order valence-electron chi connectivity index (χ3n) is 1.81. The number of thiazole rings is 1. The third kappa shape index (κ3) is 2.26. The molecule has 0 amide bonds. The lowest BCUT2D eigenvalue weighted by atomic mass is 10.0. The number of hydrogen-bond donors (Lipinski definition) is 2. The van der Waals surface area contributed by atoms with Crippen molar-refractivity contribution in [2.45, 2.75) is 25.9 Å². The predicted octanol–water partition coefficient (Wildman–Crippen LogP) is 0.830. The zero-order chi connectivity index (χ0) is 10.1. The Morgan fingerprint density at radius 2 is 2.38 bits per heavy atom. The van der Waals surface area contributed by atoms with Gasteiger partial charge in [-0.3, -0.25) is 0 Å². The van der Waals surface area contributed by atoms with Gasteiger partial charge >= 0.3 is 5.97 Å². The van der Waals surface area contributed by atoms with Crippen LogP contribution in [0.25, 0.3) is 0 Å². The van der Waals surface area contributed by atoms with Crippen LogP contribution in [-0.2, 0) is 11.2 Å². The molecule has 0 saturated carbocycles. The molecule has 2 N–H and O–H groups in total. The van der Waals surface area contributed by atoms with Crippen LogP contribution in [-0.4, -0.2) is 26.8 Å². The molecule has 0 aromatic carbocycles. The fraction of sp³-hybridized carbons (Fsp3) is 0.500. The van der Waals surface area contributed by atoms with Crippen molar-refractivity contribution >= 4 is 17.3 Å². The van der Waals surface area contributed by atoms with E-state index in [0.717, 1.165) is 10.6 Å². The summed E-state index contributed by atoms with van der Waals surface area (Å²) in [5, 5.41) is 18.1. The van der Waals surface area contributed by atoms with Gasteiger partial charge in [-0.05, 0) is 13.8 Å². The van der Waals surface area contributed by atoms with E-state index in [1.807, 2.05) is 0 Å². The first kappa shape index (κ1) is 10.1. The van der Waals surface area contributed by atoms with Crippen molar-refractivity contribution in [3.05, 3.63) is 16.1 Å². The molecule has 1 aromatic heterocycles. The van der Waals surface area contributed by atoms with Gasteiger partial charge < -0.3 is 10.2 Å². The zero-order valence-electron chi connectivity index (χ0n) is 7.44. The maximum Gasteiger partial charge on any atom is 0.335 e. The highest BCUT2D eigenvalue weighted by molar-refractivity contribution is 7.09. The maximum absolute atomic E-state index is 10.6. The monoisotopic (exact) mass is 201 g/mol.